The molecular weight excluding hydrogens is 472 g/mol. The fourth-order valence-electron chi connectivity index (χ4n) is 4.72. The topological polar surface area (TPSA) is 147 Å². The van der Waals surface area contributed by atoms with Gasteiger partial charge in [-0.3, -0.25) is 0 Å². The molecule has 10 nitrogen and oxygen atoms in total. The Bertz CT molecular complexity index is 1040. The molecule has 2 heterocycles. The number of aryl methyl sites for hydroxylation is 1. The fourth-order valence-corrected chi connectivity index (χ4v) is 4.72. The van der Waals surface area contributed by atoms with Crippen molar-refractivity contribution in [2.45, 2.75) is 62.5 Å². The SMILES string of the molecule is COc1cc([C@H]2Oc3c(OC)cc(CCCO)cc3[C@@H]2CO)ccc1OC1O[C@H](C)[C@@H](O)[C@H](O)[C@@H]1O. The second-order valence-electron chi connectivity index (χ2n) is 9.08. The zero-order valence-corrected chi connectivity index (χ0v) is 20.5. The third-order valence-electron chi connectivity index (χ3n) is 6.76. The minimum atomic E-state index is -1.46. The first-order valence-electron chi connectivity index (χ1n) is 12.0. The van der Waals surface area contributed by atoms with Gasteiger partial charge in [0.25, 0.3) is 0 Å². The van der Waals surface area contributed by atoms with Crippen LogP contribution < -0.4 is 18.9 Å². The van der Waals surface area contributed by atoms with Crippen molar-refractivity contribution in [3.63, 3.8) is 0 Å². The van der Waals surface area contributed by atoms with Gasteiger partial charge in [0, 0.05) is 12.2 Å². The van der Waals surface area contributed by atoms with Crippen molar-refractivity contribution in [2.24, 2.45) is 0 Å². The molecule has 36 heavy (non-hydrogen) atoms. The highest BCUT2D eigenvalue weighted by atomic mass is 16.7. The van der Waals surface area contributed by atoms with Crippen molar-refractivity contribution < 1.29 is 49.2 Å². The highest BCUT2D eigenvalue weighted by molar-refractivity contribution is 5.56. The molecule has 198 valence electrons. The highest BCUT2D eigenvalue weighted by Gasteiger charge is 2.43. The summed E-state index contributed by atoms with van der Waals surface area (Å²) in [7, 11) is 3.03. The van der Waals surface area contributed by atoms with E-state index in [0.717, 1.165) is 16.7 Å². The number of benzene rings is 2. The Labute approximate surface area is 209 Å². The Kier molecular flexibility index (Phi) is 8.23. The molecule has 0 aromatic heterocycles. The van der Waals surface area contributed by atoms with Gasteiger partial charge >= 0.3 is 0 Å². The third-order valence-corrected chi connectivity index (χ3v) is 6.76. The van der Waals surface area contributed by atoms with Crippen LogP contribution in [0.4, 0.5) is 0 Å². The van der Waals surface area contributed by atoms with Gasteiger partial charge in [0.2, 0.25) is 6.29 Å². The first-order chi connectivity index (χ1) is 17.3. The number of aliphatic hydroxyl groups is 5. The van der Waals surface area contributed by atoms with Crippen LogP contribution in [0.1, 0.15) is 42.1 Å². The summed E-state index contributed by atoms with van der Waals surface area (Å²) in [5, 5.41) is 49.8. The molecule has 5 N–H and O–H groups in total. The molecule has 0 bridgehead atoms. The van der Waals surface area contributed by atoms with Crippen molar-refractivity contribution in [1.29, 1.82) is 0 Å². The highest BCUT2D eigenvalue weighted by Crippen LogP contribution is 2.51. The Morgan fingerprint density at radius 1 is 0.889 bits per heavy atom. The monoisotopic (exact) mass is 506 g/mol. The summed E-state index contributed by atoms with van der Waals surface area (Å²) < 4.78 is 28.7. The van der Waals surface area contributed by atoms with Crippen LogP contribution in [0.2, 0.25) is 0 Å². The zero-order chi connectivity index (χ0) is 26.0. The summed E-state index contributed by atoms with van der Waals surface area (Å²) >= 11 is 0. The molecule has 7 atom stereocenters. The number of aliphatic hydroxyl groups excluding tert-OH is 5. The molecule has 0 spiro atoms. The van der Waals surface area contributed by atoms with Gasteiger partial charge < -0.3 is 49.2 Å². The van der Waals surface area contributed by atoms with E-state index in [-0.39, 0.29) is 24.9 Å². The molecule has 0 aliphatic carbocycles. The largest absolute Gasteiger partial charge is 0.493 e. The lowest BCUT2D eigenvalue weighted by Crippen LogP contribution is -2.58. The van der Waals surface area contributed by atoms with Crippen molar-refractivity contribution in [1.82, 2.24) is 0 Å². The number of hydrogen-bond donors (Lipinski definition) is 5. The first-order valence-corrected chi connectivity index (χ1v) is 12.0. The Hall–Kier alpha value is -2.60. The van der Waals surface area contributed by atoms with E-state index in [1.54, 1.807) is 32.2 Å². The molecule has 0 amide bonds. The fraction of sp³-hybridized carbons (Fsp3) is 0.538. The van der Waals surface area contributed by atoms with Crippen LogP contribution in [0, 0.1) is 0 Å². The number of hydrogen-bond acceptors (Lipinski definition) is 10. The third kappa shape index (κ3) is 4.97. The van der Waals surface area contributed by atoms with Crippen LogP contribution in [0.15, 0.2) is 30.3 Å². The molecular formula is C26H34O10. The normalized spacial score (nSPS) is 29.4. The number of rotatable bonds is 9. The maximum atomic E-state index is 10.3. The molecule has 10 heteroatoms. The molecule has 2 aromatic rings. The molecule has 1 fully saturated rings. The molecule has 1 saturated heterocycles. The van der Waals surface area contributed by atoms with Crippen LogP contribution in [0.3, 0.4) is 0 Å². The standard InChI is InChI=1S/C26H34O10/c1-13-21(29)22(30)23(31)26(34-13)35-18-7-6-15(11-19(18)32-2)24-17(12-28)16-9-14(5-4-8-27)10-20(33-3)25(16)36-24/h6-7,9-11,13,17,21-24,26-31H,4-5,8,12H2,1-3H3/t13-,17+,21-,22+,23+,24-,26?/m1/s1. The van der Waals surface area contributed by atoms with Crippen LogP contribution in [-0.4, -0.2) is 83.7 Å². The lowest BCUT2D eigenvalue weighted by atomic mass is 9.90. The van der Waals surface area contributed by atoms with Crippen molar-refractivity contribution in [2.75, 3.05) is 27.4 Å². The van der Waals surface area contributed by atoms with E-state index in [2.05, 4.69) is 0 Å². The van der Waals surface area contributed by atoms with E-state index < -0.39 is 36.8 Å². The second kappa shape index (κ2) is 11.2. The van der Waals surface area contributed by atoms with Gasteiger partial charge in [-0.05, 0) is 49.1 Å². The van der Waals surface area contributed by atoms with Crippen molar-refractivity contribution in [3.8, 4) is 23.0 Å². The van der Waals surface area contributed by atoms with Crippen LogP contribution in [0.25, 0.3) is 0 Å². The average Bonchev–Trinajstić information content (AvgIpc) is 3.27. The molecule has 0 radical (unpaired) electrons. The molecule has 1 unspecified atom stereocenters. The van der Waals surface area contributed by atoms with Crippen molar-refractivity contribution >= 4 is 0 Å². The Morgan fingerprint density at radius 3 is 2.31 bits per heavy atom. The average molecular weight is 507 g/mol. The minimum absolute atomic E-state index is 0.0809. The lowest BCUT2D eigenvalue weighted by molar-refractivity contribution is -0.268. The van der Waals surface area contributed by atoms with E-state index in [9.17, 15) is 25.5 Å². The van der Waals surface area contributed by atoms with Gasteiger partial charge in [-0.2, -0.15) is 0 Å². The van der Waals surface area contributed by atoms with Gasteiger partial charge in [0.05, 0.1) is 32.8 Å². The maximum absolute atomic E-state index is 10.3. The van der Waals surface area contributed by atoms with E-state index in [1.165, 1.54) is 7.11 Å². The Morgan fingerprint density at radius 2 is 1.64 bits per heavy atom. The zero-order valence-electron chi connectivity index (χ0n) is 20.5. The van der Waals surface area contributed by atoms with Gasteiger partial charge in [-0.25, -0.2) is 0 Å². The van der Waals surface area contributed by atoms with Gasteiger partial charge in [0.15, 0.2) is 23.0 Å². The molecule has 4 rings (SSSR count). The van der Waals surface area contributed by atoms with E-state index in [0.29, 0.717) is 30.1 Å². The van der Waals surface area contributed by atoms with Crippen LogP contribution >= 0.6 is 0 Å². The lowest BCUT2D eigenvalue weighted by Gasteiger charge is -2.39. The van der Waals surface area contributed by atoms with Gasteiger partial charge in [-0.1, -0.05) is 12.1 Å². The molecule has 2 aromatic carbocycles. The van der Waals surface area contributed by atoms with E-state index in [1.807, 2.05) is 12.1 Å². The van der Waals surface area contributed by atoms with E-state index >= 15 is 0 Å². The summed E-state index contributed by atoms with van der Waals surface area (Å²) in [4.78, 5) is 0. The smallest absolute Gasteiger partial charge is 0.229 e. The number of methoxy groups -OCH3 is 2. The second-order valence-corrected chi connectivity index (χ2v) is 9.08. The van der Waals surface area contributed by atoms with Crippen LogP contribution in [0.5, 0.6) is 23.0 Å². The summed E-state index contributed by atoms with van der Waals surface area (Å²) in [6, 6.07) is 8.98. The maximum Gasteiger partial charge on any atom is 0.229 e. The molecule has 2 aliphatic rings. The van der Waals surface area contributed by atoms with Crippen molar-refractivity contribution in [3.05, 3.63) is 47.0 Å². The number of fused-ring (bicyclic) bond motifs is 1. The Balaban J connectivity index is 1.60. The summed E-state index contributed by atoms with van der Waals surface area (Å²) in [6.07, 6.45) is -5.31. The quantitative estimate of drug-likeness (QED) is 0.334. The molecule has 0 saturated carbocycles. The summed E-state index contributed by atoms with van der Waals surface area (Å²) in [5.74, 6) is 1.37. The predicted molar refractivity (Wildman–Crippen MR) is 128 cm³/mol. The van der Waals surface area contributed by atoms with Gasteiger partial charge in [-0.15, -0.1) is 0 Å². The molecule has 2 aliphatic heterocycles. The van der Waals surface area contributed by atoms with Gasteiger partial charge in [0.1, 0.15) is 24.4 Å². The predicted octanol–water partition coefficient (Wildman–Crippen LogP) is 1.04. The number of ether oxygens (including phenoxy) is 5. The van der Waals surface area contributed by atoms with Crippen LogP contribution in [-0.2, 0) is 11.2 Å². The van der Waals surface area contributed by atoms with E-state index in [4.69, 9.17) is 23.7 Å². The summed E-state index contributed by atoms with van der Waals surface area (Å²) in [5.41, 5.74) is 2.54. The first kappa shape index (κ1) is 26.5. The minimum Gasteiger partial charge on any atom is -0.493 e. The summed E-state index contributed by atoms with van der Waals surface area (Å²) in [6.45, 7) is 1.49.